The highest BCUT2D eigenvalue weighted by molar-refractivity contribution is 5.30. The van der Waals surface area contributed by atoms with Gasteiger partial charge in [-0.2, -0.15) is 0 Å². The monoisotopic (exact) mass is 240 g/mol. The average Bonchev–Trinajstić information content (AvgIpc) is 2.41. The summed E-state index contributed by atoms with van der Waals surface area (Å²) in [6, 6.07) is 11.1. The molecule has 0 bridgehead atoms. The first-order valence-corrected chi connectivity index (χ1v) is 6.36. The van der Waals surface area contributed by atoms with Crippen LogP contribution < -0.4 is 5.32 Å². The Morgan fingerprint density at radius 3 is 2.44 bits per heavy atom. The van der Waals surface area contributed by atoms with Gasteiger partial charge >= 0.3 is 0 Å². The number of nitrogens with one attached hydrogen (secondary N) is 1. The van der Waals surface area contributed by atoms with E-state index in [1.54, 1.807) is 0 Å². The molecule has 1 atom stereocenters. The summed E-state index contributed by atoms with van der Waals surface area (Å²) in [7, 11) is 0. The smallest absolute Gasteiger partial charge is 0.0296 e. The molecule has 1 heterocycles. The van der Waals surface area contributed by atoms with Gasteiger partial charge in [-0.25, -0.2) is 0 Å². The van der Waals surface area contributed by atoms with E-state index in [0.717, 1.165) is 6.54 Å². The molecule has 94 valence electrons. The van der Waals surface area contributed by atoms with Gasteiger partial charge in [0.25, 0.3) is 0 Å². The molecule has 2 nitrogen and oxygen atoms in total. The first kappa shape index (κ1) is 12.8. The highest BCUT2D eigenvalue weighted by Crippen LogP contribution is 2.13. The van der Waals surface area contributed by atoms with Gasteiger partial charge in [-0.3, -0.25) is 4.98 Å². The van der Waals surface area contributed by atoms with Gasteiger partial charge in [-0.05, 0) is 55.2 Å². The highest BCUT2D eigenvalue weighted by atomic mass is 14.9. The molecule has 1 aromatic heterocycles. The van der Waals surface area contributed by atoms with Crippen LogP contribution in [0.3, 0.4) is 0 Å². The zero-order chi connectivity index (χ0) is 13.0. The third-order valence-electron chi connectivity index (χ3n) is 3.39. The third kappa shape index (κ3) is 3.17. The number of aromatic nitrogens is 1. The van der Waals surface area contributed by atoms with E-state index < -0.39 is 0 Å². The Morgan fingerprint density at radius 2 is 1.78 bits per heavy atom. The maximum absolute atomic E-state index is 4.04. The normalized spacial score (nSPS) is 12.4. The molecular formula is C16H20N2. The lowest BCUT2D eigenvalue weighted by Crippen LogP contribution is -2.18. The zero-order valence-electron chi connectivity index (χ0n) is 11.3. The molecule has 0 amide bonds. The van der Waals surface area contributed by atoms with Gasteiger partial charge in [-0.15, -0.1) is 0 Å². The van der Waals surface area contributed by atoms with Gasteiger partial charge in [0, 0.05) is 25.0 Å². The second-order valence-corrected chi connectivity index (χ2v) is 4.80. The van der Waals surface area contributed by atoms with Crippen molar-refractivity contribution >= 4 is 0 Å². The van der Waals surface area contributed by atoms with Crippen LogP contribution in [0.2, 0.25) is 0 Å². The van der Waals surface area contributed by atoms with Gasteiger partial charge in [0.15, 0.2) is 0 Å². The van der Waals surface area contributed by atoms with Crippen LogP contribution in [0.4, 0.5) is 0 Å². The minimum Gasteiger partial charge on any atom is -0.306 e. The van der Waals surface area contributed by atoms with Crippen molar-refractivity contribution in [2.24, 2.45) is 0 Å². The SMILES string of the molecule is Cc1ccc(CN[C@@H](C)c2ccncc2)cc1C. The van der Waals surface area contributed by atoms with Crippen molar-refractivity contribution in [3.05, 3.63) is 65.0 Å². The standard InChI is InChI=1S/C16H20N2/c1-12-4-5-15(10-13(12)2)11-18-14(3)16-6-8-17-9-7-16/h4-10,14,18H,11H2,1-3H3/t14-/m0/s1. The van der Waals surface area contributed by atoms with Gasteiger partial charge in [0.05, 0.1) is 0 Å². The van der Waals surface area contributed by atoms with Gasteiger partial charge in [0.1, 0.15) is 0 Å². The fourth-order valence-corrected chi connectivity index (χ4v) is 1.95. The molecule has 0 radical (unpaired) electrons. The summed E-state index contributed by atoms with van der Waals surface area (Å²) in [4.78, 5) is 4.04. The van der Waals surface area contributed by atoms with Gasteiger partial charge < -0.3 is 5.32 Å². The Balaban J connectivity index is 1.97. The summed E-state index contributed by atoms with van der Waals surface area (Å²) in [5, 5.41) is 3.53. The predicted molar refractivity (Wildman–Crippen MR) is 75.4 cm³/mol. The molecule has 0 aliphatic heterocycles. The van der Waals surface area contributed by atoms with Crippen LogP contribution in [0, 0.1) is 13.8 Å². The van der Waals surface area contributed by atoms with Crippen LogP contribution in [-0.4, -0.2) is 4.98 Å². The van der Waals surface area contributed by atoms with Crippen LogP contribution in [0.15, 0.2) is 42.7 Å². The maximum Gasteiger partial charge on any atom is 0.0296 e. The number of nitrogens with zero attached hydrogens (tertiary/aromatic N) is 1. The molecule has 2 rings (SSSR count). The Labute approximate surface area is 109 Å². The van der Waals surface area contributed by atoms with Crippen LogP contribution >= 0.6 is 0 Å². The fourth-order valence-electron chi connectivity index (χ4n) is 1.95. The molecule has 1 aromatic carbocycles. The molecule has 18 heavy (non-hydrogen) atoms. The van der Waals surface area contributed by atoms with Crippen molar-refractivity contribution in [1.82, 2.24) is 10.3 Å². The summed E-state index contributed by atoms with van der Waals surface area (Å²) < 4.78 is 0. The Morgan fingerprint density at radius 1 is 1.06 bits per heavy atom. The number of hydrogen-bond donors (Lipinski definition) is 1. The minimum atomic E-state index is 0.342. The molecule has 2 aromatic rings. The lowest BCUT2D eigenvalue weighted by molar-refractivity contribution is 0.574. The minimum absolute atomic E-state index is 0.342. The van der Waals surface area contributed by atoms with Crippen molar-refractivity contribution in [2.75, 3.05) is 0 Å². The molecule has 0 saturated heterocycles. The fraction of sp³-hybridized carbons (Fsp3) is 0.312. The first-order valence-electron chi connectivity index (χ1n) is 6.36. The lowest BCUT2D eigenvalue weighted by Gasteiger charge is -2.14. The van der Waals surface area contributed by atoms with Crippen molar-refractivity contribution in [3.63, 3.8) is 0 Å². The van der Waals surface area contributed by atoms with E-state index in [2.05, 4.69) is 61.4 Å². The molecule has 1 N–H and O–H groups in total. The molecule has 0 aliphatic rings. The molecular weight excluding hydrogens is 220 g/mol. The summed E-state index contributed by atoms with van der Waals surface area (Å²) in [6.07, 6.45) is 3.67. The van der Waals surface area contributed by atoms with Crippen molar-refractivity contribution in [3.8, 4) is 0 Å². The molecule has 0 unspecified atom stereocenters. The van der Waals surface area contributed by atoms with Crippen LogP contribution in [-0.2, 0) is 6.54 Å². The Hall–Kier alpha value is -1.67. The number of benzene rings is 1. The van der Waals surface area contributed by atoms with E-state index in [1.807, 2.05) is 12.4 Å². The molecule has 0 aliphatic carbocycles. The van der Waals surface area contributed by atoms with Crippen molar-refractivity contribution in [1.29, 1.82) is 0 Å². The average molecular weight is 240 g/mol. The van der Waals surface area contributed by atoms with Crippen LogP contribution in [0.25, 0.3) is 0 Å². The first-order chi connectivity index (χ1) is 8.66. The second-order valence-electron chi connectivity index (χ2n) is 4.80. The number of pyridine rings is 1. The van der Waals surface area contributed by atoms with Crippen molar-refractivity contribution < 1.29 is 0 Å². The van der Waals surface area contributed by atoms with E-state index >= 15 is 0 Å². The highest BCUT2D eigenvalue weighted by Gasteiger charge is 2.04. The number of hydrogen-bond acceptors (Lipinski definition) is 2. The quantitative estimate of drug-likeness (QED) is 0.884. The van der Waals surface area contributed by atoms with Gasteiger partial charge in [0.2, 0.25) is 0 Å². The topological polar surface area (TPSA) is 24.9 Å². The Kier molecular flexibility index (Phi) is 4.11. The summed E-state index contributed by atoms with van der Waals surface area (Å²) >= 11 is 0. The van der Waals surface area contributed by atoms with E-state index in [1.165, 1.54) is 22.3 Å². The van der Waals surface area contributed by atoms with Crippen LogP contribution in [0.1, 0.15) is 35.2 Å². The second kappa shape index (κ2) is 5.78. The molecule has 0 spiro atoms. The largest absolute Gasteiger partial charge is 0.306 e. The Bertz CT molecular complexity index is 506. The van der Waals surface area contributed by atoms with E-state index in [0.29, 0.717) is 6.04 Å². The molecule has 0 saturated carbocycles. The summed E-state index contributed by atoms with van der Waals surface area (Å²) in [5.74, 6) is 0. The summed E-state index contributed by atoms with van der Waals surface area (Å²) in [6.45, 7) is 7.37. The number of rotatable bonds is 4. The molecule has 2 heteroatoms. The van der Waals surface area contributed by atoms with E-state index in [-0.39, 0.29) is 0 Å². The molecule has 0 fully saturated rings. The van der Waals surface area contributed by atoms with E-state index in [9.17, 15) is 0 Å². The third-order valence-corrected chi connectivity index (χ3v) is 3.39. The predicted octanol–water partition coefficient (Wildman–Crippen LogP) is 3.55. The van der Waals surface area contributed by atoms with E-state index in [4.69, 9.17) is 0 Å². The number of aryl methyl sites for hydroxylation is 2. The van der Waals surface area contributed by atoms with Gasteiger partial charge in [-0.1, -0.05) is 18.2 Å². The van der Waals surface area contributed by atoms with Crippen molar-refractivity contribution in [2.45, 2.75) is 33.4 Å². The summed E-state index contributed by atoms with van der Waals surface area (Å²) in [5.41, 5.74) is 5.31. The zero-order valence-corrected chi connectivity index (χ0v) is 11.3. The maximum atomic E-state index is 4.04. The lowest BCUT2D eigenvalue weighted by atomic mass is 10.1. The van der Waals surface area contributed by atoms with Crippen LogP contribution in [0.5, 0.6) is 0 Å².